The van der Waals surface area contributed by atoms with Crippen molar-refractivity contribution in [3.8, 4) is 0 Å². The molecule has 1 aromatic heterocycles. The van der Waals surface area contributed by atoms with Crippen molar-refractivity contribution in [3.05, 3.63) is 10.6 Å². The van der Waals surface area contributed by atoms with E-state index < -0.39 is 0 Å². The molecule has 0 aliphatic heterocycles. The average Bonchev–Trinajstić information content (AvgIpc) is 2.73. The van der Waals surface area contributed by atoms with Crippen LogP contribution in [0.15, 0.2) is 0 Å². The van der Waals surface area contributed by atoms with Crippen LogP contribution in [0, 0.1) is 0 Å². The number of thiazole rings is 1. The summed E-state index contributed by atoms with van der Waals surface area (Å²) in [5, 5.41) is 1.06. The third-order valence-corrected chi connectivity index (χ3v) is 3.98. The smallest absolute Gasteiger partial charge is 0.186 e. The number of nitrogens with two attached hydrogens (primary N) is 1. The summed E-state index contributed by atoms with van der Waals surface area (Å²) in [6, 6.07) is 0.414. The lowest BCUT2D eigenvalue weighted by Gasteiger charge is -2.25. The lowest BCUT2D eigenvalue weighted by molar-refractivity contribution is 0.204. The third kappa shape index (κ3) is 3.67. The predicted molar refractivity (Wildman–Crippen MR) is 78.5 cm³/mol. The van der Waals surface area contributed by atoms with Gasteiger partial charge in [0.2, 0.25) is 0 Å². The maximum atomic E-state index is 5.81. The maximum Gasteiger partial charge on any atom is 0.186 e. The standard InChI is InChI=1S/C13H25N3OS/c1-9(2)12-11(8-14)18-13(15-12)16(10(3)4)6-7-17-5/h9-10H,6-8,14H2,1-5H3. The van der Waals surface area contributed by atoms with Crippen LogP contribution in [0.2, 0.25) is 0 Å². The number of methoxy groups -OCH3 is 1. The van der Waals surface area contributed by atoms with Gasteiger partial charge in [-0.25, -0.2) is 4.98 Å². The fourth-order valence-corrected chi connectivity index (χ4v) is 3.09. The van der Waals surface area contributed by atoms with Crippen LogP contribution in [0.1, 0.15) is 44.2 Å². The molecule has 0 spiro atoms. The van der Waals surface area contributed by atoms with Crippen LogP contribution < -0.4 is 10.6 Å². The van der Waals surface area contributed by atoms with Crippen LogP contribution in [-0.2, 0) is 11.3 Å². The molecule has 0 saturated heterocycles. The Morgan fingerprint density at radius 1 is 1.33 bits per heavy atom. The molecule has 0 aliphatic rings. The zero-order valence-corrected chi connectivity index (χ0v) is 12.9. The number of ether oxygens (including phenoxy) is 1. The van der Waals surface area contributed by atoms with E-state index in [1.165, 1.54) is 4.88 Å². The summed E-state index contributed by atoms with van der Waals surface area (Å²) < 4.78 is 5.17. The van der Waals surface area contributed by atoms with Gasteiger partial charge in [-0.2, -0.15) is 0 Å². The zero-order valence-electron chi connectivity index (χ0n) is 12.1. The van der Waals surface area contributed by atoms with E-state index in [4.69, 9.17) is 15.5 Å². The molecule has 1 rings (SSSR count). The van der Waals surface area contributed by atoms with Crippen LogP contribution in [0.5, 0.6) is 0 Å². The minimum absolute atomic E-state index is 0.414. The highest BCUT2D eigenvalue weighted by atomic mass is 32.1. The molecule has 0 amide bonds. The van der Waals surface area contributed by atoms with Gasteiger partial charge in [0.15, 0.2) is 5.13 Å². The first-order chi connectivity index (χ1) is 8.51. The molecule has 0 saturated carbocycles. The van der Waals surface area contributed by atoms with Crippen LogP contribution in [0.3, 0.4) is 0 Å². The van der Waals surface area contributed by atoms with E-state index >= 15 is 0 Å². The minimum Gasteiger partial charge on any atom is -0.383 e. The SMILES string of the molecule is COCCN(c1nc(C(C)C)c(CN)s1)C(C)C. The summed E-state index contributed by atoms with van der Waals surface area (Å²) in [7, 11) is 1.73. The molecule has 1 aromatic rings. The number of anilines is 1. The molecule has 0 unspecified atom stereocenters. The number of hydrogen-bond acceptors (Lipinski definition) is 5. The van der Waals surface area contributed by atoms with E-state index in [2.05, 4.69) is 32.6 Å². The molecule has 0 bridgehead atoms. The molecule has 0 aromatic carbocycles. The fraction of sp³-hybridized carbons (Fsp3) is 0.769. The van der Waals surface area contributed by atoms with Gasteiger partial charge in [-0.15, -0.1) is 11.3 Å². The van der Waals surface area contributed by atoms with Gasteiger partial charge < -0.3 is 15.4 Å². The first-order valence-electron chi connectivity index (χ1n) is 6.46. The number of rotatable bonds is 7. The second-order valence-corrected chi connectivity index (χ2v) is 6.01. The molecule has 18 heavy (non-hydrogen) atoms. The van der Waals surface area contributed by atoms with Crippen LogP contribution >= 0.6 is 11.3 Å². The van der Waals surface area contributed by atoms with Gasteiger partial charge in [-0.1, -0.05) is 13.8 Å². The van der Waals surface area contributed by atoms with E-state index in [-0.39, 0.29) is 0 Å². The summed E-state index contributed by atoms with van der Waals surface area (Å²) in [6.07, 6.45) is 0. The van der Waals surface area contributed by atoms with Crippen LogP contribution in [0.25, 0.3) is 0 Å². The maximum absolute atomic E-state index is 5.81. The molecule has 0 fully saturated rings. The second-order valence-electron chi connectivity index (χ2n) is 4.94. The third-order valence-electron chi connectivity index (χ3n) is 2.85. The minimum atomic E-state index is 0.414. The summed E-state index contributed by atoms with van der Waals surface area (Å²) in [5.41, 5.74) is 6.94. The quantitative estimate of drug-likeness (QED) is 0.828. The highest BCUT2D eigenvalue weighted by molar-refractivity contribution is 7.15. The molecular formula is C13H25N3OS. The van der Waals surface area contributed by atoms with Crippen molar-refractivity contribution in [1.82, 2.24) is 4.98 Å². The van der Waals surface area contributed by atoms with Crippen molar-refractivity contribution < 1.29 is 4.74 Å². The Morgan fingerprint density at radius 3 is 2.39 bits per heavy atom. The fourth-order valence-electron chi connectivity index (χ4n) is 1.84. The molecule has 5 heteroatoms. The monoisotopic (exact) mass is 271 g/mol. The van der Waals surface area contributed by atoms with E-state index in [1.807, 2.05) is 0 Å². The van der Waals surface area contributed by atoms with Crippen molar-refractivity contribution in [2.75, 3.05) is 25.2 Å². The van der Waals surface area contributed by atoms with Crippen molar-refractivity contribution in [1.29, 1.82) is 0 Å². The highest BCUT2D eigenvalue weighted by Crippen LogP contribution is 2.31. The molecule has 1 heterocycles. The Labute approximate surface area is 114 Å². The Morgan fingerprint density at radius 2 is 2.00 bits per heavy atom. The second kappa shape index (κ2) is 7.07. The van der Waals surface area contributed by atoms with E-state index in [9.17, 15) is 0 Å². The molecule has 0 atom stereocenters. The summed E-state index contributed by atoms with van der Waals surface area (Å²) >= 11 is 1.71. The molecular weight excluding hydrogens is 246 g/mol. The van der Waals surface area contributed by atoms with Crippen molar-refractivity contribution >= 4 is 16.5 Å². The largest absolute Gasteiger partial charge is 0.383 e. The normalized spacial score (nSPS) is 11.6. The van der Waals surface area contributed by atoms with E-state index in [1.54, 1.807) is 18.4 Å². The summed E-state index contributed by atoms with van der Waals surface area (Å²) in [5.74, 6) is 0.421. The average molecular weight is 271 g/mol. The van der Waals surface area contributed by atoms with Gasteiger partial charge in [0.1, 0.15) is 0 Å². The topological polar surface area (TPSA) is 51.4 Å². The van der Waals surface area contributed by atoms with Gasteiger partial charge in [-0.3, -0.25) is 0 Å². The Hall–Kier alpha value is -0.650. The number of aromatic nitrogens is 1. The first kappa shape index (κ1) is 15.4. The first-order valence-corrected chi connectivity index (χ1v) is 7.28. The van der Waals surface area contributed by atoms with Gasteiger partial charge in [0.05, 0.1) is 12.3 Å². The Bertz CT molecular complexity index is 363. The lowest BCUT2D eigenvalue weighted by Crippen LogP contribution is -2.33. The van der Waals surface area contributed by atoms with Gasteiger partial charge >= 0.3 is 0 Å². The van der Waals surface area contributed by atoms with Crippen molar-refractivity contribution in [2.24, 2.45) is 5.73 Å². The number of hydrogen-bond donors (Lipinski definition) is 1. The zero-order chi connectivity index (χ0) is 13.7. The highest BCUT2D eigenvalue weighted by Gasteiger charge is 2.19. The number of nitrogens with zero attached hydrogens (tertiary/aromatic N) is 2. The van der Waals surface area contributed by atoms with Gasteiger partial charge in [0, 0.05) is 31.1 Å². The lowest BCUT2D eigenvalue weighted by atomic mass is 10.1. The van der Waals surface area contributed by atoms with Crippen LogP contribution in [-0.4, -0.2) is 31.3 Å². The molecule has 104 valence electrons. The predicted octanol–water partition coefficient (Wildman–Crippen LogP) is 2.59. The van der Waals surface area contributed by atoms with Crippen molar-refractivity contribution in [2.45, 2.75) is 46.2 Å². The molecule has 0 aliphatic carbocycles. The summed E-state index contributed by atoms with van der Waals surface area (Å²) in [6.45, 7) is 10.8. The van der Waals surface area contributed by atoms with E-state index in [0.29, 0.717) is 25.1 Å². The Balaban J connectivity index is 2.97. The molecule has 0 radical (unpaired) electrons. The van der Waals surface area contributed by atoms with Crippen molar-refractivity contribution in [3.63, 3.8) is 0 Å². The van der Waals surface area contributed by atoms with Gasteiger partial charge in [-0.05, 0) is 19.8 Å². The Kier molecular flexibility index (Phi) is 6.05. The van der Waals surface area contributed by atoms with E-state index in [0.717, 1.165) is 17.4 Å². The molecule has 4 nitrogen and oxygen atoms in total. The summed E-state index contributed by atoms with van der Waals surface area (Å²) in [4.78, 5) is 8.24. The van der Waals surface area contributed by atoms with Gasteiger partial charge in [0.25, 0.3) is 0 Å². The van der Waals surface area contributed by atoms with Crippen LogP contribution in [0.4, 0.5) is 5.13 Å². The molecule has 2 N–H and O–H groups in total.